The third-order valence-electron chi connectivity index (χ3n) is 1.86. The van der Waals surface area contributed by atoms with Crippen molar-refractivity contribution in [2.24, 2.45) is 0 Å². The first-order chi connectivity index (χ1) is 7.27. The van der Waals surface area contributed by atoms with Crippen LogP contribution in [0.1, 0.15) is 37.7 Å². The highest BCUT2D eigenvalue weighted by Gasteiger charge is 2.18. The molecule has 9 heteroatoms. The largest absolute Gasteiger partial charge is 0.359 e. The maximum Gasteiger partial charge on any atom is 0.202 e. The highest BCUT2D eigenvalue weighted by Crippen LogP contribution is 2.20. The molecule has 0 spiro atoms. The predicted octanol–water partition coefficient (Wildman–Crippen LogP) is -0.448. The van der Waals surface area contributed by atoms with Crippen molar-refractivity contribution in [2.75, 3.05) is 0 Å². The number of hydrogen-bond acceptors (Lipinski definition) is 7. The summed E-state index contributed by atoms with van der Waals surface area (Å²) in [5, 5.41) is 26.9. The van der Waals surface area contributed by atoms with Gasteiger partial charge in [-0.05, 0) is 13.8 Å². The first-order valence-corrected chi connectivity index (χ1v) is 4.39. The van der Waals surface area contributed by atoms with Gasteiger partial charge in [-0.1, -0.05) is 10.4 Å². The Hall–Kier alpha value is -1.90. The van der Waals surface area contributed by atoms with E-state index in [1.54, 1.807) is 0 Å². The lowest BCUT2D eigenvalue weighted by molar-refractivity contribution is -0.00352. The smallest absolute Gasteiger partial charge is 0.202 e. The molecule has 0 aliphatic carbocycles. The molecular formula is C6H10N8O. The van der Waals surface area contributed by atoms with Crippen molar-refractivity contribution in [3.8, 4) is 0 Å². The fourth-order valence-corrected chi connectivity index (χ4v) is 1.11. The molecule has 0 saturated carbocycles. The molecule has 0 aromatic carbocycles. The Morgan fingerprint density at radius 2 is 1.40 bits per heavy atom. The molecule has 15 heavy (non-hydrogen) atoms. The molecular weight excluding hydrogens is 200 g/mol. The summed E-state index contributed by atoms with van der Waals surface area (Å²) < 4.78 is 5.57. The minimum Gasteiger partial charge on any atom is -0.359 e. The van der Waals surface area contributed by atoms with Gasteiger partial charge in [0.1, 0.15) is 12.2 Å². The van der Waals surface area contributed by atoms with E-state index in [0.29, 0.717) is 11.6 Å². The van der Waals surface area contributed by atoms with E-state index in [1.807, 2.05) is 13.8 Å². The lowest BCUT2D eigenvalue weighted by Gasteiger charge is -2.12. The summed E-state index contributed by atoms with van der Waals surface area (Å²) >= 11 is 0. The van der Waals surface area contributed by atoms with Crippen LogP contribution in [0, 0.1) is 0 Å². The summed E-state index contributed by atoms with van der Waals surface area (Å²) in [6, 6.07) is 0. The number of H-pyrrole nitrogens is 2. The van der Waals surface area contributed by atoms with Crippen LogP contribution in [0.15, 0.2) is 0 Å². The van der Waals surface area contributed by atoms with Gasteiger partial charge in [0, 0.05) is 0 Å². The Kier molecular flexibility index (Phi) is 2.63. The minimum absolute atomic E-state index is 0.280. The van der Waals surface area contributed by atoms with Gasteiger partial charge in [0.2, 0.25) is 11.6 Å². The average molecular weight is 210 g/mol. The molecule has 2 rings (SSSR count). The Morgan fingerprint density at radius 1 is 0.933 bits per heavy atom. The van der Waals surface area contributed by atoms with Crippen molar-refractivity contribution in [1.29, 1.82) is 0 Å². The van der Waals surface area contributed by atoms with Crippen molar-refractivity contribution in [3.05, 3.63) is 11.6 Å². The fourth-order valence-electron chi connectivity index (χ4n) is 1.11. The second kappa shape index (κ2) is 4.09. The van der Waals surface area contributed by atoms with Crippen molar-refractivity contribution in [3.63, 3.8) is 0 Å². The van der Waals surface area contributed by atoms with Crippen LogP contribution in [0.5, 0.6) is 0 Å². The van der Waals surface area contributed by atoms with E-state index in [-0.39, 0.29) is 12.2 Å². The van der Waals surface area contributed by atoms with E-state index >= 15 is 0 Å². The van der Waals surface area contributed by atoms with E-state index in [1.165, 1.54) is 0 Å². The predicted molar refractivity (Wildman–Crippen MR) is 46.3 cm³/mol. The number of nitrogens with zero attached hydrogens (tertiary/aromatic N) is 6. The second-order valence-electron chi connectivity index (χ2n) is 2.96. The molecule has 2 unspecified atom stereocenters. The normalized spacial score (nSPS) is 15.1. The van der Waals surface area contributed by atoms with Crippen molar-refractivity contribution in [2.45, 2.75) is 26.1 Å². The van der Waals surface area contributed by atoms with Crippen LogP contribution in [0.25, 0.3) is 0 Å². The van der Waals surface area contributed by atoms with Crippen molar-refractivity contribution < 1.29 is 4.74 Å². The van der Waals surface area contributed by atoms with E-state index in [2.05, 4.69) is 41.2 Å². The maximum atomic E-state index is 5.57. The topological polar surface area (TPSA) is 118 Å². The van der Waals surface area contributed by atoms with E-state index < -0.39 is 0 Å². The number of nitrogens with one attached hydrogen (secondary N) is 2. The van der Waals surface area contributed by atoms with Gasteiger partial charge in [-0.2, -0.15) is 10.4 Å². The van der Waals surface area contributed by atoms with Crippen LogP contribution >= 0.6 is 0 Å². The van der Waals surface area contributed by atoms with Crippen molar-refractivity contribution >= 4 is 0 Å². The number of rotatable bonds is 4. The first-order valence-electron chi connectivity index (χ1n) is 4.39. The molecule has 9 nitrogen and oxygen atoms in total. The molecule has 0 saturated heterocycles. The SMILES string of the molecule is CC(OC(C)c1nn[nH]n1)c1nn[nH]n1. The van der Waals surface area contributed by atoms with Gasteiger partial charge in [0.25, 0.3) is 0 Å². The molecule has 2 heterocycles. The van der Waals surface area contributed by atoms with Gasteiger partial charge in [0.05, 0.1) is 0 Å². The lowest BCUT2D eigenvalue weighted by Crippen LogP contribution is -2.08. The van der Waals surface area contributed by atoms with Gasteiger partial charge in [-0.25, -0.2) is 0 Å². The van der Waals surface area contributed by atoms with Gasteiger partial charge < -0.3 is 4.74 Å². The van der Waals surface area contributed by atoms with Gasteiger partial charge in [-0.15, -0.1) is 20.4 Å². The van der Waals surface area contributed by atoms with Crippen LogP contribution in [0.3, 0.4) is 0 Å². The fraction of sp³-hybridized carbons (Fsp3) is 0.667. The van der Waals surface area contributed by atoms with Gasteiger partial charge in [-0.3, -0.25) is 0 Å². The minimum atomic E-state index is -0.280. The quantitative estimate of drug-likeness (QED) is 0.701. The van der Waals surface area contributed by atoms with Crippen LogP contribution in [-0.4, -0.2) is 41.2 Å². The molecule has 0 aliphatic rings. The first kappa shape index (κ1) is 9.65. The summed E-state index contributed by atoms with van der Waals surface area (Å²) in [4.78, 5) is 0. The molecule has 80 valence electrons. The van der Waals surface area contributed by atoms with Gasteiger partial charge >= 0.3 is 0 Å². The Balaban J connectivity index is 1.98. The number of aromatic amines is 2. The van der Waals surface area contributed by atoms with Crippen LogP contribution in [0.4, 0.5) is 0 Å². The number of ether oxygens (including phenoxy) is 1. The molecule has 2 aromatic rings. The van der Waals surface area contributed by atoms with E-state index in [4.69, 9.17) is 4.74 Å². The second-order valence-corrected chi connectivity index (χ2v) is 2.96. The summed E-state index contributed by atoms with van der Waals surface area (Å²) in [6.07, 6.45) is -0.561. The van der Waals surface area contributed by atoms with Crippen LogP contribution in [-0.2, 0) is 4.74 Å². The molecule has 0 fully saturated rings. The zero-order valence-electron chi connectivity index (χ0n) is 8.25. The zero-order chi connectivity index (χ0) is 10.7. The zero-order valence-corrected chi connectivity index (χ0v) is 8.25. The maximum absolute atomic E-state index is 5.57. The molecule has 0 aliphatic heterocycles. The molecule has 2 atom stereocenters. The highest BCUT2D eigenvalue weighted by molar-refractivity contribution is 4.86. The number of hydrogen-bond donors (Lipinski definition) is 2. The molecule has 2 aromatic heterocycles. The molecule has 0 radical (unpaired) electrons. The third kappa shape index (κ3) is 2.13. The summed E-state index contributed by atoms with van der Waals surface area (Å²) in [5.74, 6) is 0.982. The highest BCUT2D eigenvalue weighted by atomic mass is 16.5. The number of tetrazole rings is 2. The van der Waals surface area contributed by atoms with Crippen molar-refractivity contribution in [1.82, 2.24) is 41.2 Å². The summed E-state index contributed by atoms with van der Waals surface area (Å²) in [7, 11) is 0. The Morgan fingerprint density at radius 3 is 1.73 bits per heavy atom. The summed E-state index contributed by atoms with van der Waals surface area (Å²) in [5.41, 5.74) is 0. The number of aromatic nitrogens is 8. The molecule has 0 amide bonds. The van der Waals surface area contributed by atoms with Gasteiger partial charge in [0.15, 0.2) is 0 Å². The Labute approximate surface area is 84.6 Å². The lowest BCUT2D eigenvalue weighted by atomic mass is 10.3. The molecule has 0 bridgehead atoms. The standard InChI is InChI=1S/C6H10N8O/c1-3(5-7-11-12-8-5)15-4(2)6-9-13-14-10-6/h3-4H,1-2H3,(H,7,8,11,12)(H,9,10,13,14). The van der Waals surface area contributed by atoms with Crippen LogP contribution < -0.4 is 0 Å². The molecule has 2 N–H and O–H groups in total. The average Bonchev–Trinajstić information content (AvgIpc) is 2.91. The van der Waals surface area contributed by atoms with E-state index in [9.17, 15) is 0 Å². The Bertz CT molecular complexity index is 345. The van der Waals surface area contributed by atoms with Crippen LogP contribution in [0.2, 0.25) is 0 Å². The monoisotopic (exact) mass is 210 g/mol. The third-order valence-corrected chi connectivity index (χ3v) is 1.86. The summed E-state index contributed by atoms with van der Waals surface area (Å²) in [6.45, 7) is 3.64. The van der Waals surface area contributed by atoms with E-state index in [0.717, 1.165) is 0 Å².